The van der Waals surface area contributed by atoms with Gasteiger partial charge in [-0.05, 0) is 106 Å². The molecule has 0 aliphatic carbocycles. The average molecular weight is 702 g/mol. The van der Waals surface area contributed by atoms with E-state index in [0.29, 0.717) is 0 Å². The van der Waals surface area contributed by atoms with Gasteiger partial charge in [0.1, 0.15) is 0 Å². The summed E-state index contributed by atoms with van der Waals surface area (Å²) in [4.78, 5) is 2.38. The Morgan fingerprint density at radius 1 is 0.327 bits per heavy atom. The number of hydrogen-bond acceptors (Lipinski definition) is 1. The Hall–Kier alpha value is -7.36. The van der Waals surface area contributed by atoms with Crippen LogP contribution in [0.15, 0.2) is 212 Å². The number of rotatable bonds is 6. The maximum absolute atomic E-state index is 2.38. The summed E-state index contributed by atoms with van der Waals surface area (Å²) in [6, 6.07) is 74.7. The molecule has 0 fully saturated rings. The van der Waals surface area contributed by atoms with Crippen molar-refractivity contribution in [3.8, 4) is 22.5 Å². The molecule has 0 unspecified atom stereocenters. The zero-order chi connectivity index (χ0) is 36.3. The molecule has 55 heavy (non-hydrogen) atoms. The first-order valence-electron chi connectivity index (χ1n) is 18.8. The SMILES string of the molecule is c1ccc(-n2c3ccccc3c3cc4ccn(-c5ccc(-c6ccc(N(c7ccc8ccccc8c7)c7cccc8ccccc78)cc6)cc5)c4cc32)cc1. The molecule has 0 saturated heterocycles. The highest BCUT2D eigenvalue weighted by molar-refractivity contribution is 6.13. The molecule has 0 aliphatic heterocycles. The molecule has 3 heteroatoms. The van der Waals surface area contributed by atoms with E-state index in [0.717, 1.165) is 22.7 Å². The molecule has 0 spiro atoms. The van der Waals surface area contributed by atoms with Crippen molar-refractivity contribution in [1.82, 2.24) is 9.13 Å². The first-order valence-corrected chi connectivity index (χ1v) is 18.8. The van der Waals surface area contributed by atoms with Gasteiger partial charge < -0.3 is 14.0 Å². The monoisotopic (exact) mass is 701 g/mol. The minimum absolute atomic E-state index is 1.12. The smallest absolute Gasteiger partial charge is 0.0562 e. The molecule has 0 saturated carbocycles. The summed E-state index contributed by atoms with van der Waals surface area (Å²) in [7, 11) is 0. The van der Waals surface area contributed by atoms with Crippen molar-refractivity contribution >= 4 is 71.3 Å². The molecular formula is C52H35N3. The molecule has 2 heterocycles. The number of anilines is 3. The minimum Gasteiger partial charge on any atom is -0.316 e. The van der Waals surface area contributed by atoms with Crippen molar-refractivity contribution in [1.29, 1.82) is 0 Å². The highest BCUT2D eigenvalue weighted by Crippen LogP contribution is 2.41. The van der Waals surface area contributed by atoms with Crippen molar-refractivity contribution in [3.05, 3.63) is 212 Å². The third-order valence-corrected chi connectivity index (χ3v) is 11.1. The van der Waals surface area contributed by atoms with Crippen LogP contribution < -0.4 is 4.90 Å². The van der Waals surface area contributed by atoms with Crippen molar-refractivity contribution in [2.75, 3.05) is 4.90 Å². The van der Waals surface area contributed by atoms with Gasteiger partial charge in [0.25, 0.3) is 0 Å². The molecule has 11 rings (SSSR count). The van der Waals surface area contributed by atoms with Crippen LogP contribution >= 0.6 is 0 Å². The number of hydrogen-bond donors (Lipinski definition) is 0. The Labute approximate surface area is 319 Å². The van der Waals surface area contributed by atoms with Gasteiger partial charge >= 0.3 is 0 Å². The summed E-state index contributed by atoms with van der Waals surface area (Å²) in [5.41, 5.74) is 11.7. The maximum Gasteiger partial charge on any atom is 0.0562 e. The minimum atomic E-state index is 1.12. The molecule has 0 atom stereocenters. The fraction of sp³-hybridized carbons (Fsp3) is 0. The van der Waals surface area contributed by atoms with Gasteiger partial charge in [-0.25, -0.2) is 0 Å². The number of aromatic nitrogens is 2. The Morgan fingerprint density at radius 2 is 0.982 bits per heavy atom. The van der Waals surface area contributed by atoms with E-state index in [1.54, 1.807) is 0 Å². The standard InChI is InChI=1S/C52H35N3/c1-2-15-43(16-3-1)55-50-19-9-8-18-47(50)48-34-41-31-32-53(51(41)35-52(48)55)42-26-21-37(22-27-42)38-23-28-44(29-24-38)54(45-30-25-36-11-4-5-13-40(36)33-45)49-20-10-14-39-12-6-7-17-46(39)49/h1-35H. The summed E-state index contributed by atoms with van der Waals surface area (Å²) < 4.78 is 4.69. The Morgan fingerprint density at radius 3 is 1.80 bits per heavy atom. The lowest BCUT2D eigenvalue weighted by Crippen LogP contribution is -2.10. The maximum atomic E-state index is 2.38. The van der Waals surface area contributed by atoms with E-state index in [9.17, 15) is 0 Å². The van der Waals surface area contributed by atoms with Gasteiger partial charge in [0.05, 0.1) is 22.2 Å². The van der Waals surface area contributed by atoms with Crippen LogP contribution in [0.4, 0.5) is 17.1 Å². The quantitative estimate of drug-likeness (QED) is 0.168. The van der Waals surface area contributed by atoms with Crippen LogP contribution in [-0.2, 0) is 0 Å². The number of benzene rings is 9. The second kappa shape index (κ2) is 12.6. The Kier molecular flexibility index (Phi) is 7.17. The van der Waals surface area contributed by atoms with Gasteiger partial charge in [-0.3, -0.25) is 0 Å². The van der Waals surface area contributed by atoms with Crippen molar-refractivity contribution in [2.45, 2.75) is 0 Å². The molecule has 0 amide bonds. The van der Waals surface area contributed by atoms with Crippen LogP contribution in [0.3, 0.4) is 0 Å². The highest BCUT2D eigenvalue weighted by Gasteiger charge is 2.17. The number of fused-ring (bicyclic) bond motifs is 6. The average Bonchev–Trinajstić information content (AvgIpc) is 3.82. The second-order valence-electron chi connectivity index (χ2n) is 14.3. The van der Waals surface area contributed by atoms with Crippen LogP contribution in [0.1, 0.15) is 0 Å². The molecular weight excluding hydrogens is 667 g/mol. The molecule has 11 aromatic rings. The molecule has 0 N–H and O–H groups in total. The van der Waals surface area contributed by atoms with Gasteiger partial charge in [0.15, 0.2) is 0 Å². The summed E-state index contributed by atoms with van der Waals surface area (Å²) >= 11 is 0. The molecule has 2 aromatic heterocycles. The highest BCUT2D eigenvalue weighted by atomic mass is 15.1. The molecule has 258 valence electrons. The largest absolute Gasteiger partial charge is 0.316 e. The molecule has 9 aromatic carbocycles. The summed E-state index contributed by atoms with van der Waals surface area (Å²) in [6.45, 7) is 0. The third kappa shape index (κ3) is 5.20. The van der Waals surface area contributed by atoms with Crippen LogP contribution in [0.2, 0.25) is 0 Å². The second-order valence-corrected chi connectivity index (χ2v) is 14.3. The lowest BCUT2D eigenvalue weighted by molar-refractivity contribution is 1.13. The predicted molar refractivity (Wildman–Crippen MR) is 233 cm³/mol. The van der Waals surface area contributed by atoms with Gasteiger partial charge in [-0.1, -0.05) is 127 Å². The zero-order valence-corrected chi connectivity index (χ0v) is 30.0. The van der Waals surface area contributed by atoms with E-state index >= 15 is 0 Å². The van der Waals surface area contributed by atoms with Crippen LogP contribution in [0, 0.1) is 0 Å². The van der Waals surface area contributed by atoms with Gasteiger partial charge in [0, 0.05) is 50.5 Å². The summed E-state index contributed by atoms with van der Waals surface area (Å²) in [5.74, 6) is 0. The van der Waals surface area contributed by atoms with Gasteiger partial charge in [-0.2, -0.15) is 0 Å². The van der Waals surface area contributed by atoms with Gasteiger partial charge in [-0.15, -0.1) is 0 Å². The van der Waals surface area contributed by atoms with Crippen LogP contribution in [-0.4, -0.2) is 9.13 Å². The van der Waals surface area contributed by atoms with E-state index in [2.05, 4.69) is 226 Å². The zero-order valence-electron chi connectivity index (χ0n) is 30.0. The Balaban J connectivity index is 0.964. The van der Waals surface area contributed by atoms with E-state index < -0.39 is 0 Å². The van der Waals surface area contributed by atoms with E-state index in [1.165, 1.54) is 71.1 Å². The fourth-order valence-electron chi connectivity index (χ4n) is 8.44. The van der Waals surface area contributed by atoms with Crippen molar-refractivity contribution in [2.24, 2.45) is 0 Å². The Bertz CT molecular complexity index is 3180. The normalized spacial score (nSPS) is 11.6. The van der Waals surface area contributed by atoms with Crippen LogP contribution in [0.25, 0.3) is 76.8 Å². The first kappa shape index (κ1) is 31.2. The summed E-state index contributed by atoms with van der Waals surface area (Å²) in [6.07, 6.45) is 2.19. The van der Waals surface area contributed by atoms with E-state index in [4.69, 9.17) is 0 Å². The lowest BCUT2D eigenvalue weighted by atomic mass is 10.0. The van der Waals surface area contributed by atoms with E-state index in [1.807, 2.05) is 0 Å². The van der Waals surface area contributed by atoms with Crippen molar-refractivity contribution in [3.63, 3.8) is 0 Å². The predicted octanol–water partition coefficient (Wildman–Crippen LogP) is 14.2. The molecule has 0 bridgehead atoms. The number of nitrogens with zero attached hydrogens (tertiary/aromatic N) is 3. The van der Waals surface area contributed by atoms with Crippen molar-refractivity contribution < 1.29 is 0 Å². The van der Waals surface area contributed by atoms with Crippen LogP contribution in [0.5, 0.6) is 0 Å². The third-order valence-electron chi connectivity index (χ3n) is 11.1. The molecule has 0 aliphatic rings. The summed E-state index contributed by atoms with van der Waals surface area (Å²) in [5, 5.41) is 8.66. The molecule has 0 radical (unpaired) electrons. The molecule has 3 nitrogen and oxygen atoms in total. The fourth-order valence-corrected chi connectivity index (χ4v) is 8.44. The number of para-hydroxylation sites is 2. The topological polar surface area (TPSA) is 13.1 Å². The lowest BCUT2D eigenvalue weighted by Gasteiger charge is -2.27. The first-order chi connectivity index (χ1) is 27.3. The van der Waals surface area contributed by atoms with Gasteiger partial charge in [0.2, 0.25) is 0 Å². The van der Waals surface area contributed by atoms with E-state index in [-0.39, 0.29) is 0 Å².